The zero-order chi connectivity index (χ0) is 24.9. The first-order valence-corrected chi connectivity index (χ1v) is 13.6. The van der Waals surface area contributed by atoms with Gasteiger partial charge < -0.3 is 5.11 Å². The first-order valence-electron chi connectivity index (χ1n) is 12.6. The smallest absolute Gasteiger partial charge is 0.123 e. The van der Waals surface area contributed by atoms with E-state index in [1.807, 2.05) is 13.3 Å². The summed E-state index contributed by atoms with van der Waals surface area (Å²) in [5.74, 6) is 0.503. The van der Waals surface area contributed by atoms with Gasteiger partial charge in [0.25, 0.3) is 0 Å². The molecule has 0 aliphatic carbocycles. The largest absolute Gasteiger partial charge is 0.507 e. The van der Waals surface area contributed by atoms with Crippen molar-refractivity contribution in [2.45, 2.75) is 103 Å². The van der Waals surface area contributed by atoms with Gasteiger partial charge in [-0.05, 0) is 45.7 Å². The number of unbranched alkanes of at least 4 members (excludes halogenated alkanes) is 2. The summed E-state index contributed by atoms with van der Waals surface area (Å²) in [5.41, 5.74) is 4.59. The number of aromatic hydroxyl groups is 1. The van der Waals surface area contributed by atoms with Crippen molar-refractivity contribution in [1.82, 2.24) is 0 Å². The molecule has 0 aliphatic heterocycles. The SMILES string of the molecule is CCCCCC(CC)(Pc1ccccc1/C=N/C)c1cc(C(C)(C)C)cc(C(C)(C)C)c1O. The third-order valence-corrected chi connectivity index (χ3v) is 8.79. The van der Waals surface area contributed by atoms with Crippen molar-refractivity contribution >= 4 is 20.1 Å². The Morgan fingerprint density at radius 2 is 1.55 bits per heavy atom. The van der Waals surface area contributed by atoms with E-state index in [9.17, 15) is 5.11 Å². The average Bonchev–Trinajstić information content (AvgIpc) is 2.73. The van der Waals surface area contributed by atoms with Crippen LogP contribution >= 0.6 is 8.58 Å². The van der Waals surface area contributed by atoms with E-state index in [4.69, 9.17) is 0 Å². The van der Waals surface area contributed by atoms with Crippen molar-refractivity contribution < 1.29 is 5.11 Å². The molecule has 0 aliphatic rings. The second-order valence-electron chi connectivity index (χ2n) is 11.4. The van der Waals surface area contributed by atoms with E-state index in [0.717, 1.165) is 24.0 Å². The molecule has 0 heterocycles. The Morgan fingerprint density at radius 3 is 2.09 bits per heavy atom. The summed E-state index contributed by atoms with van der Waals surface area (Å²) >= 11 is 0. The lowest BCUT2D eigenvalue weighted by atomic mass is 9.76. The van der Waals surface area contributed by atoms with Gasteiger partial charge in [-0.3, -0.25) is 4.99 Å². The fourth-order valence-electron chi connectivity index (χ4n) is 4.52. The van der Waals surface area contributed by atoms with Crippen LogP contribution in [0.3, 0.4) is 0 Å². The average molecular weight is 468 g/mol. The van der Waals surface area contributed by atoms with E-state index >= 15 is 0 Å². The molecule has 2 atom stereocenters. The predicted octanol–water partition coefficient (Wildman–Crippen LogP) is 8.23. The summed E-state index contributed by atoms with van der Waals surface area (Å²) in [6.07, 6.45) is 7.64. The van der Waals surface area contributed by atoms with Crippen molar-refractivity contribution in [3.05, 3.63) is 58.7 Å². The van der Waals surface area contributed by atoms with Gasteiger partial charge >= 0.3 is 0 Å². The molecule has 0 saturated carbocycles. The number of benzene rings is 2. The van der Waals surface area contributed by atoms with E-state index in [-0.39, 0.29) is 16.0 Å². The van der Waals surface area contributed by atoms with Crippen LogP contribution in [0, 0.1) is 0 Å². The molecule has 2 aromatic carbocycles. The van der Waals surface area contributed by atoms with Gasteiger partial charge in [0.15, 0.2) is 0 Å². The van der Waals surface area contributed by atoms with Gasteiger partial charge in [0.05, 0.1) is 0 Å². The Morgan fingerprint density at radius 1 is 0.909 bits per heavy atom. The van der Waals surface area contributed by atoms with E-state index in [0.29, 0.717) is 14.3 Å². The number of phenols is 1. The summed E-state index contributed by atoms with van der Waals surface area (Å²) in [6.45, 7) is 18.0. The highest BCUT2D eigenvalue weighted by atomic mass is 31.1. The van der Waals surface area contributed by atoms with Crippen LogP contribution in [0.1, 0.15) is 110 Å². The molecule has 182 valence electrons. The number of rotatable bonds is 9. The molecule has 0 amide bonds. The van der Waals surface area contributed by atoms with Crippen molar-refractivity contribution in [3.63, 3.8) is 0 Å². The highest BCUT2D eigenvalue weighted by molar-refractivity contribution is 7.48. The summed E-state index contributed by atoms with van der Waals surface area (Å²) in [4.78, 5) is 4.31. The molecule has 0 bridgehead atoms. The molecule has 1 N–H and O–H groups in total. The van der Waals surface area contributed by atoms with Gasteiger partial charge in [0, 0.05) is 24.0 Å². The molecule has 0 saturated heterocycles. The fourth-order valence-corrected chi connectivity index (χ4v) is 6.31. The molecule has 3 heteroatoms. The van der Waals surface area contributed by atoms with Crippen LogP contribution in [0.5, 0.6) is 5.75 Å². The van der Waals surface area contributed by atoms with Crippen LogP contribution in [-0.2, 0) is 16.0 Å². The molecule has 0 spiro atoms. The van der Waals surface area contributed by atoms with Crippen LogP contribution < -0.4 is 5.30 Å². The van der Waals surface area contributed by atoms with Crippen LogP contribution in [0.2, 0.25) is 0 Å². The van der Waals surface area contributed by atoms with Crippen molar-refractivity contribution in [2.75, 3.05) is 7.05 Å². The van der Waals surface area contributed by atoms with Crippen LogP contribution in [0.25, 0.3) is 0 Å². The summed E-state index contributed by atoms with van der Waals surface area (Å²) in [6, 6.07) is 13.2. The third kappa shape index (κ3) is 6.69. The first-order chi connectivity index (χ1) is 15.4. The standard InChI is InChI=1S/C30H46NOP/c1-10-12-15-18-30(11-2,33-26-17-14-13-16-22(26)21-31-9)25-20-23(28(3,4)5)19-24(27(25)32)29(6,7)8/h13-14,16-17,19-21,32-33H,10-12,15,18H2,1-9H3/b31-21+. The summed E-state index contributed by atoms with van der Waals surface area (Å²) in [7, 11) is 2.40. The topological polar surface area (TPSA) is 32.6 Å². The quantitative estimate of drug-likeness (QED) is 0.225. The molecule has 2 unspecified atom stereocenters. The monoisotopic (exact) mass is 467 g/mol. The lowest BCUT2D eigenvalue weighted by Gasteiger charge is -2.38. The summed E-state index contributed by atoms with van der Waals surface area (Å²) < 4.78 is 0. The number of aliphatic imine (C=N–C) groups is 1. The maximum absolute atomic E-state index is 11.8. The van der Waals surface area contributed by atoms with Gasteiger partial charge in [-0.2, -0.15) is 0 Å². The second-order valence-corrected chi connectivity index (χ2v) is 13.2. The summed E-state index contributed by atoms with van der Waals surface area (Å²) in [5, 5.41) is 13.0. The van der Waals surface area contributed by atoms with Crippen LogP contribution in [0.15, 0.2) is 41.4 Å². The van der Waals surface area contributed by atoms with Gasteiger partial charge in [-0.1, -0.05) is 120 Å². The van der Waals surface area contributed by atoms with Crippen LogP contribution in [-0.4, -0.2) is 18.4 Å². The van der Waals surface area contributed by atoms with Gasteiger partial charge in [0.2, 0.25) is 0 Å². The molecule has 2 rings (SSSR count). The van der Waals surface area contributed by atoms with Crippen molar-refractivity contribution in [1.29, 1.82) is 0 Å². The lowest BCUT2D eigenvalue weighted by molar-refractivity contribution is 0.415. The second kappa shape index (κ2) is 11.2. The van der Waals surface area contributed by atoms with Gasteiger partial charge in [-0.15, -0.1) is 0 Å². The minimum atomic E-state index is -0.126. The normalized spacial score (nSPS) is 14.9. The van der Waals surface area contributed by atoms with Crippen molar-refractivity contribution in [3.8, 4) is 5.75 Å². The van der Waals surface area contributed by atoms with Crippen LogP contribution in [0.4, 0.5) is 0 Å². The van der Waals surface area contributed by atoms with E-state index in [1.54, 1.807) is 0 Å². The highest BCUT2D eigenvalue weighted by Crippen LogP contribution is 2.53. The minimum absolute atomic E-state index is 0.0151. The molecule has 2 aromatic rings. The minimum Gasteiger partial charge on any atom is -0.507 e. The maximum Gasteiger partial charge on any atom is 0.123 e. The molecular formula is C30H46NOP. The maximum atomic E-state index is 11.8. The fraction of sp³-hybridized carbons (Fsp3) is 0.567. The third-order valence-electron chi connectivity index (χ3n) is 6.71. The Labute approximate surface area is 205 Å². The van der Waals surface area contributed by atoms with Gasteiger partial charge in [0.1, 0.15) is 5.75 Å². The Balaban J connectivity index is 2.81. The predicted molar refractivity (Wildman–Crippen MR) is 150 cm³/mol. The highest BCUT2D eigenvalue weighted by Gasteiger charge is 2.37. The molecule has 2 nitrogen and oxygen atoms in total. The number of hydrogen-bond acceptors (Lipinski definition) is 2. The van der Waals surface area contributed by atoms with E-state index in [1.165, 1.54) is 35.7 Å². The van der Waals surface area contributed by atoms with Gasteiger partial charge in [-0.25, -0.2) is 0 Å². The molecule has 0 radical (unpaired) electrons. The Hall–Kier alpha value is -1.66. The number of phenolic OH excluding ortho intramolecular Hbond substituents is 1. The Bertz CT molecular complexity index is 949. The number of hydrogen-bond donors (Lipinski definition) is 1. The lowest BCUT2D eigenvalue weighted by Crippen LogP contribution is -2.27. The molecule has 33 heavy (non-hydrogen) atoms. The van der Waals surface area contributed by atoms with Crippen molar-refractivity contribution in [2.24, 2.45) is 4.99 Å². The zero-order valence-corrected chi connectivity index (χ0v) is 23.5. The van der Waals surface area contributed by atoms with E-state index < -0.39 is 0 Å². The molecule has 0 fully saturated rings. The molecular weight excluding hydrogens is 421 g/mol. The number of nitrogens with zero attached hydrogens (tertiary/aromatic N) is 1. The Kier molecular flexibility index (Phi) is 9.34. The molecule has 0 aromatic heterocycles. The zero-order valence-electron chi connectivity index (χ0n) is 22.5. The van der Waals surface area contributed by atoms with E-state index in [2.05, 4.69) is 96.8 Å². The first kappa shape index (κ1) is 27.6.